The highest BCUT2D eigenvalue weighted by atomic mass is 35.5. The van der Waals surface area contributed by atoms with Crippen LogP contribution in [0.3, 0.4) is 0 Å². The fourth-order valence-corrected chi connectivity index (χ4v) is 2.02. The summed E-state index contributed by atoms with van der Waals surface area (Å²) in [4.78, 5) is 16.0. The van der Waals surface area contributed by atoms with E-state index in [1.807, 2.05) is 26.0 Å². The molecule has 0 aliphatic rings. The van der Waals surface area contributed by atoms with Gasteiger partial charge in [-0.3, -0.25) is 9.78 Å². The van der Waals surface area contributed by atoms with Crippen LogP contribution in [0.15, 0.2) is 36.7 Å². The van der Waals surface area contributed by atoms with Crippen LogP contribution in [0.2, 0.25) is 5.02 Å². The van der Waals surface area contributed by atoms with Crippen LogP contribution in [-0.2, 0) is 4.79 Å². The predicted molar refractivity (Wildman–Crippen MR) is 83.9 cm³/mol. The van der Waals surface area contributed by atoms with Gasteiger partial charge in [-0.25, -0.2) is 0 Å². The zero-order valence-electron chi connectivity index (χ0n) is 12.2. The fourth-order valence-electron chi connectivity index (χ4n) is 1.91. The van der Waals surface area contributed by atoms with E-state index in [2.05, 4.69) is 10.3 Å². The topological polar surface area (TPSA) is 51.2 Å². The average molecular weight is 305 g/mol. The van der Waals surface area contributed by atoms with Crippen LogP contribution < -0.4 is 10.1 Å². The molecule has 1 aromatic heterocycles. The van der Waals surface area contributed by atoms with E-state index in [0.717, 1.165) is 16.1 Å². The fraction of sp³-hybridized carbons (Fsp3) is 0.250. The zero-order chi connectivity index (χ0) is 15.4. The van der Waals surface area contributed by atoms with Gasteiger partial charge in [0.25, 0.3) is 5.91 Å². The molecule has 4 nitrogen and oxygen atoms in total. The molecule has 0 bridgehead atoms. The lowest BCUT2D eigenvalue weighted by Crippen LogP contribution is -2.30. The van der Waals surface area contributed by atoms with Crippen molar-refractivity contribution in [2.75, 3.05) is 5.32 Å². The smallest absolute Gasteiger partial charge is 0.265 e. The number of aromatic nitrogens is 1. The summed E-state index contributed by atoms with van der Waals surface area (Å²) in [6.45, 7) is 5.52. The molecule has 1 amide bonds. The number of hydrogen-bond acceptors (Lipinski definition) is 3. The minimum atomic E-state index is -0.613. The number of benzene rings is 1. The lowest BCUT2D eigenvalue weighted by Gasteiger charge is -2.16. The number of nitrogens with one attached hydrogen (secondary N) is 1. The van der Waals surface area contributed by atoms with E-state index in [1.54, 1.807) is 31.5 Å². The van der Waals surface area contributed by atoms with Gasteiger partial charge in [-0.2, -0.15) is 0 Å². The first-order chi connectivity index (χ1) is 9.97. The number of hydrogen-bond donors (Lipinski definition) is 1. The summed E-state index contributed by atoms with van der Waals surface area (Å²) in [6, 6.07) is 7.10. The molecule has 0 aliphatic carbocycles. The van der Waals surface area contributed by atoms with Crippen LogP contribution in [0.1, 0.15) is 18.1 Å². The summed E-state index contributed by atoms with van der Waals surface area (Å²) in [6.07, 6.45) is 2.62. The van der Waals surface area contributed by atoms with Crippen molar-refractivity contribution < 1.29 is 9.53 Å². The Bertz CT molecular complexity index is 621. The van der Waals surface area contributed by atoms with Crippen LogP contribution in [0.25, 0.3) is 0 Å². The predicted octanol–water partition coefficient (Wildman–Crippen LogP) is 3.76. The first kappa shape index (κ1) is 15.3. The Morgan fingerprint density at radius 1 is 1.24 bits per heavy atom. The monoisotopic (exact) mass is 304 g/mol. The summed E-state index contributed by atoms with van der Waals surface area (Å²) in [5.74, 6) is 0.415. The molecular formula is C16H17ClN2O2. The number of aryl methyl sites for hydroxylation is 2. The molecule has 0 spiro atoms. The number of rotatable bonds is 4. The number of carbonyl (C=O) groups excluding carboxylic acids is 1. The molecule has 0 saturated heterocycles. The molecule has 1 atom stereocenters. The van der Waals surface area contributed by atoms with E-state index in [1.165, 1.54) is 0 Å². The van der Waals surface area contributed by atoms with Crippen LogP contribution in [0.4, 0.5) is 5.69 Å². The molecule has 0 unspecified atom stereocenters. The Hall–Kier alpha value is -2.07. The van der Waals surface area contributed by atoms with Crippen molar-refractivity contribution in [2.45, 2.75) is 26.9 Å². The van der Waals surface area contributed by atoms with Crippen molar-refractivity contribution in [3.05, 3.63) is 52.8 Å². The maximum Gasteiger partial charge on any atom is 0.265 e. The van der Waals surface area contributed by atoms with Gasteiger partial charge in [0.1, 0.15) is 5.75 Å². The van der Waals surface area contributed by atoms with Crippen LogP contribution in [0, 0.1) is 13.8 Å². The largest absolute Gasteiger partial charge is 0.481 e. The SMILES string of the molecule is Cc1cc(O[C@@H](C)C(=O)Nc2ccncc2)cc(C)c1Cl. The highest BCUT2D eigenvalue weighted by Crippen LogP contribution is 2.26. The number of anilines is 1. The Kier molecular flexibility index (Phi) is 4.81. The van der Waals surface area contributed by atoms with E-state index in [9.17, 15) is 4.79 Å². The maximum atomic E-state index is 12.1. The zero-order valence-corrected chi connectivity index (χ0v) is 12.9. The molecule has 5 heteroatoms. The van der Waals surface area contributed by atoms with E-state index in [4.69, 9.17) is 16.3 Å². The summed E-state index contributed by atoms with van der Waals surface area (Å²) in [7, 11) is 0. The average Bonchev–Trinajstić information content (AvgIpc) is 2.45. The molecule has 2 aromatic rings. The number of pyridine rings is 1. The van der Waals surface area contributed by atoms with Crippen LogP contribution >= 0.6 is 11.6 Å². The van der Waals surface area contributed by atoms with Gasteiger partial charge in [0.15, 0.2) is 6.10 Å². The van der Waals surface area contributed by atoms with E-state index in [0.29, 0.717) is 11.4 Å². The Balaban J connectivity index is 2.04. The molecule has 0 aliphatic heterocycles. The standard InChI is InChI=1S/C16H17ClN2O2/c1-10-8-14(9-11(2)15(10)17)21-12(3)16(20)19-13-4-6-18-7-5-13/h4-9,12H,1-3H3,(H,18,19,20)/t12-/m0/s1. The highest BCUT2D eigenvalue weighted by molar-refractivity contribution is 6.32. The van der Waals surface area contributed by atoms with Crippen LogP contribution in [-0.4, -0.2) is 17.0 Å². The summed E-state index contributed by atoms with van der Waals surface area (Å²) in [5.41, 5.74) is 2.54. The van der Waals surface area contributed by atoms with Crippen molar-refractivity contribution in [2.24, 2.45) is 0 Å². The Morgan fingerprint density at radius 2 is 1.81 bits per heavy atom. The van der Waals surface area contributed by atoms with Gasteiger partial charge < -0.3 is 10.1 Å². The first-order valence-corrected chi connectivity index (χ1v) is 6.99. The molecule has 0 radical (unpaired) electrons. The van der Waals surface area contributed by atoms with E-state index >= 15 is 0 Å². The van der Waals surface area contributed by atoms with Gasteiger partial charge in [0.2, 0.25) is 0 Å². The van der Waals surface area contributed by atoms with E-state index < -0.39 is 6.10 Å². The highest BCUT2D eigenvalue weighted by Gasteiger charge is 2.15. The number of carbonyl (C=O) groups is 1. The summed E-state index contributed by atoms with van der Waals surface area (Å²) >= 11 is 6.12. The summed E-state index contributed by atoms with van der Waals surface area (Å²) < 4.78 is 5.68. The molecule has 1 aromatic carbocycles. The number of ether oxygens (including phenoxy) is 1. The van der Waals surface area contributed by atoms with Gasteiger partial charge in [-0.1, -0.05) is 11.6 Å². The lowest BCUT2D eigenvalue weighted by atomic mass is 10.1. The normalized spacial score (nSPS) is 11.8. The molecule has 1 N–H and O–H groups in total. The molecular weight excluding hydrogens is 288 g/mol. The second kappa shape index (κ2) is 6.59. The number of amides is 1. The molecule has 1 heterocycles. The van der Waals surface area contributed by atoms with Crippen molar-refractivity contribution in [3.63, 3.8) is 0 Å². The van der Waals surface area contributed by atoms with Gasteiger partial charge in [0.05, 0.1) is 0 Å². The Labute approximate surface area is 129 Å². The van der Waals surface area contributed by atoms with Gasteiger partial charge in [-0.05, 0) is 56.2 Å². The Morgan fingerprint density at radius 3 is 2.38 bits per heavy atom. The van der Waals surface area contributed by atoms with Crippen molar-refractivity contribution in [1.82, 2.24) is 4.98 Å². The second-order valence-corrected chi connectivity index (χ2v) is 5.23. The van der Waals surface area contributed by atoms with Gasteiger partial charge in [0, 0.05) is 23.1 Å². The minimum absolute atomic E-state index is 0.216. The molecule has 21 heavy (non-hydrogen) atoms. The third kappa shape index (κ3) is 3.95. The molecule has 0 fully saturated rings. The summed E-state index contributed by atoms with van der Waals surface area (Å²) in [5, 5.41) is 3.49. The third-order valence-corrected chi connectivity index (χ3v) is 3.64. The molecule has 0 saturated carbocycles. The van der Waals surface area contributed by atoms with Crippen LogP contribution in [0.5, 0.6) is 5.75 Å². The quantitative estimate of drug-likeness (QED) is 0.935. The molecule has 110 valence electrons. The minimum Gasteiger partial charge on any atom is -0.481 e. The molecule has 2 rings (SSSR count). The van der Waals surface area contributed by atoms with Gasteiger partial charge >= 0.3 is 0 Å². The van der Waals surface area contributed by atoms with Crippen molar-refractivity contribution in [1.29, 1.82) is 0 Å². The number of halogens is 1. The second-order valence-electron chi connectivity index (χ2n) is 4.86. The van der Waals surface area contributed by atoms with Gasteiger partial charge in [-0.15, -0.1) is 0 Å². The van der Waals surface area contributed by atoms with E-state index in [-0.39, 0.29) is 5.91 Å². The third-order valence-electron chi connectivity index (χ3n) is 3.04. The lowest BCUT2D eigenvalue weighted by molar-refractivity contribution is -0.122. The maximum absolute atomic E-state index is 12.1. The first-order valence-electron chi connectivity index (χ1n) is 6.61. The number of nitrogens with zero attached hydrogens (tertiary/aromatic N) is 1. The van der Waals surface area contributed by atoms with Crippen molar-refractivity contribution >= 4 is 23.2 Å². The van der Waals surface area contributed by atoms with Crippen molar-refractivity contribution in [3.8, 4) is 5.75 Å².